The number of hydrogen-bond donors (Lipinski definition) is 2. The van der Waals surface area contributed by atoms with Crippen molar-refractivity contribution in [3.63, 3.8) is 0 Å². The third-order valence-corrected chi connectivity index (χ3v) is 4.14. The molecule has 2 aromatic rings. The molecule has 0 atom stereocenters. The number of nitrogens with two attached hydrogens (primary N) is 1. The molecule has 118 valence electrons. The van der Waals surface area contributed by atoms with E-state index in [2.05, 4.69) is 10.4 Å². The summed E-state index contributed by atoms with van der Waals surface area (Å²) in [6.07, 6.45) is 3.34. The van der Waals surface area contributed by atoms with Crippen molar-refractivity contribution in [2.45, 2.75) is 32.2 Å². The predicted octanol–water partition coefficient (Wildman–Crippen LogP) is 2.77. The van der Waals surface area contributed by atoms with Crippen LogP contribution in [0.1, 0.15) is 37.2 Å². The molecule has 0 aliphatic rings. The maximum atomic E-state index is 12.2. The molecule has 1 heterocycles. The number of hydrogen-bond acceptors (Lipinski definition) is 3. The van der Waals surface area contributed by atoms with Crippen molar-refractivity contribution in [3.05, 3.63) is 47.2 Å². The molecule has 3 N–H and O–H groups in total. The molecular weight excluding hydrogens is 300 g/mol. The minimum absolute atomic E-state index is 0.225. The molecule has 0 spiro atoms. The highest BCUT2D eigenvalue weighted by Crippen LogP contribution is 2.14. The van der Waals surface area contributed by atoms with Crippen LogP contribution in [0.15, 0.2) is 36.5 Å². The van der Waals surface area contributed by atoms with Crippen LogP contribution in [0.4, 0.5) is 0 Å². The minimum atomic E-state index is -0.370. The molecule has 1 aromatic carbocycles. The molecule has 0 saturated carbocycles. The molecule has 0 unspecified atom stereocenters. The van der Waals surface area contributed by atoms with Gasteiger partial charge >= 0.3 is 0 Å². The normalized spacial score (nSPS) is 11.5. The van der Waals surface area contributed by atoms with Crippen LogP contribution in [0.25, 0.3) is 5.69 Å². The molecule has 1 amide bonds. The van der Waals surface area contributed by atoms with Crippen LogP contribution in [0.3, 0.4) is 0 Å². The van der Waals surface area contributed by atoms with Gasteiger partial charge in [-0.3, -0.25) is 4.79 Å². The first kappa shape index (κ1) is 16.5. The molecular formula is C16H21ClN4O. The van der Waals surface area contributed by atoms with Crippen molar-refractivity contribution >= 4 is 17.5 Å². The van der Waals surface area contributed by atoms with Crippen molar-refractivity contribution in [2.75, 3.05) is 6.54 Å². The second kappa shape index (κ2) is 6.94. The zero-order valence-corrected chi connectivity index (χ0v) is 13.6. The lowest BCUT2D eigenvalue weighted by atomic mass is 9.94. The van der Waals surface area contributed by atoms with E-state index in [1.54, 1.807) is 29.1 Å². The fraction of sp³-hybridized carbons (Fsp3) is 0.375. The molecule has 0 aliphatic heterocycles. The summed E-state index contributed by atoms with van der Waals surface area (Å²) in [6.45, 7) is 4.47. The Bertz CT molecular complexity index is 649. The van der Waals surface area contributed by atoms with Crippen LogP contribution in [-0.2, 0) is 0 Å². The van der Waals surface area contributed by atoms with E-state index in [0.29, 0.717) is 17.3 Å². The Kier molecular flexibility index (Phi) is 5.21. The number of amides is 1. The van der Waals surface area contributed by atoms with Gasteiger partial charge in [0, 0.05) is 23.3 Å². The van der Waals surface area contributed by atoms with E-state index in [-0.39, 0.29) is 11.4 Å². The Morgan fingerprint density at radius 2 is 2.09 bits per heavy atom. The average molecular weight is 321 g/mol. The summed E-state index contributed by atoms with van der Waals surface area (Å²) < 4.78 is 1.62. The Morgan fingerprint density at radius 1 is 1.36 bits per heavy atom. The van der Waals surface area contributed by atoms with E-state index >= 15 is 0 Å². The number of carbonyl (C=O) groups excluding carboxylic acids is 1. The summed E-state index contributed by atoms with van der Waals surface area (Å²) >= 11 is 5.96. The van der Waals surface area contributed by atoms with Crippen molar-refractivity contribution in [2.24, 2.45) is 5.73 Å². The van der Waals surface area contributed by atoms with Gasteiger partial charge in [0.1, 0.15) is 0 Å². The van der Waals surface area contributed by atoms with Gasteiger partial charge in [0.05, 0.1) is 5.69 Å². The molecule has 2 rings (SSSR count). The van der Waals surface area contributed by atoms with Crippen molar-refractivity contribution in [3.8, 4) is 5.69 Å². The molecule has 1 aromatic heterocycles. The van der Waals surface area contributed by atoms with Gasteiger partial charge in [-0.1, -0.05) is 31.5 Å². The number of halogens is 1. The van der Waals surface area contributed by atoms with Gasteiger partial charge in [0.2, 0.25) is 0 Å². The number of aromatic nitrogens is 2. The highest BCUT2D eigenvalue weighted by molar-refractivity contribution is 6.30. The quantitative estimate of drug-likeness (QED) is 0.859. The summed E-state index contributed by atoms with van der Waals surface area (Å²) in [4.78, 5) is 12.2. The summed E-state index contributed by atoms with van der Waals surface area (Å²) in [5.74, 6) is -0.225. The lowest BCUT2D eigenvalue weighted by molar-refractivity contribution is 0.0936. The van der Waals surface area contributed by atoms with Gasteiger partial charge in [0.25, 0.3) is 5.91 Å². The van der Waals surface area contributed by atoms with Gasteiger partial charge in [0.15, 0.2) is 5.69 Å². The lowest BCUT2D eigenvalue weighted by Gasteiger charge is -2.26. The predicted molar refractivity (Wildman–Crippen MR) is 88.4 cm³/mol. The van der Waals surface area contributed by atoms with Crippen LogP contribution in [-0.4, -0.2) is 27.8 Å². The zero-order chi connectivity index (χ0) is 16.2. The summed E-state index contributed by atoms with van der Waals surface area (Å²) in [5, 5.41) is 7.75. The second-order valence-corrected chi connectivity index (χ2v) is 5.81. The zero-order valence-electron chi connectivity index (χ0n) is 12.8. The van der Waals surface area contributed by atoms with Gasteiger partial charge in [-0.25, -0.2) is 4.68 Å². The number of nitrogens with zero attached hydrogens (tertiary/aromatic N) is 2. The van der Waals surface area contributed by atoms with E-state index in [1.165, 1.54) is 0 Å². The number of rotatable bonds is 6. The first-order valence-corrected chi connectivity index (χ1v) is 7.74. The lowest BCUT2D eigenvalue weighted by Crippen LogP contribution is -2.49. The van der Waals surface area contributed by atoms with Gasteiger partial charge in [-0.15, -0.1) is 0 Å². The second-order valence-electron chi connectivity index (χ2n) is 5.38. The number of carbonyl (C=O) groups is 1. The number of nitrogens with one attached hydrogen (secondary N) is 1. The Morgan fingerprint density at radius 3 is 2.73 bits per heavy atom. The Hall–Kier alpha value is -1.85. The van der Waals surface area contributed by atoms with Crippen molar-refractivity contribution < 1.29 is 4.79 Å². The molecule has 0 saturated heterocycles. The molecule has 5 nitrogen and oxygen atoms in total. The topological polar surface area (TPSA) is 72.9 Å². The highest BCUT2D eigenvalue weighted by Gasteiger charge is 2.21. The standard InChI is InChI=1S/C16H21ClN4O/c1-3-16(18,4-2)11-19-15(22)14-8-9-21(20-14)13-7-5-6-12(17)10-13/h5-10H,3-4,11,18H2,1-2H3,(H,19,22). The first-order valence-electron chi connectivity index (χ1n) is 7.36. The Labute approximate surface area is 135 Å². The fourth-order valence-corrected chi connectivity index (χ4v) is 2.24. The van der Waals surface area contributed by atoms with Crippen LogP contribution in [0.5, 0.6) is 0 Å². The smallest absolute Gasteiger partial charge is 0.271 e. The largest absolute Gasteiger partial charge is 0.349 e. The SMILES string of the molecule is CCC(N)(CC)CNC(=O)c1ccn(-c2cccc(Cl)c2)n1. The first-order chi connectivity index (χ1) is 10.5. The van der Waals surface area contributed by atoms with E-state index in [4.69, 9.17) is 17.3 Å². The maximum absolute atomic E-state index is 12.2. The molecule has 0 bridgehead atoms. The van der Waals surface area contributed by atoms with Crippen LogP contribution < -0.4 is 11.1 Å². The van der Waals surface area contributed by atoms with Crippen LogP contribution in [0, 0.1) is 0 Å². The van der Waals surface area contributed by atoms with Gasteiger partial charge in [-0.05, 0) is 37.1 Å². The summed E-state index contributed by atoms with van der Waals surface area (Å²) in [6, 6.07) is 8.96. The molecule has 0 radical (unpaired) electrons. The molecule has 0 aliphatic carbocycles. The summed E-state index contributed by atoms with van der Waals surface area (Å²) in [5.41, 5.74) is 6.97. The third kappa shape index (κ3) is 3.87. The minimum Gasteiger partial charge on any atom is -0.349 e. The van der Waals surface area contributed by atoms with Crippen molar-refractivity contribution in [1.29, 1.82) is 0 Å². The summed E-state index contributed by atoms with van der Waals surface area (Å²) in [7, 11) is 0. The van der Waals surface area contributed by atoms with E-state index in [0.717, 1.165) is 18.5 Å². The van der Waals surface area contributed by atoms with E-state index < -0.39 is 0 Å². The van der Waals surface area contributed by atoms with Crippen molar-refractivity contribution in [1.82, 2.24) is 15.1 Å². The highest BCUT2D eigenvalue weighted by atomic mass is 35.5. The van der Waals surface area contributed by atoms with Crippen LogP contribution in [0.2, 0.25) is 5.02 Å². The monoisotopic (exact) mass is 320 g/mol. The molecule has 22 heavy (non-hydrogen) atoms. The average Bonchev–Trinajstić information content (AvgIpc) is 3.02. The fourth-order valence-electron chi connectivity index (χ4n) is 2.05. The van der Waals surface area contributed by atoms with Gasteiger partial charge < -0.3 is 11.1 Å². The van der Waals surface area contributed by atoms with E-state index in [1.807, 2.05) is 26.0 Å². The third-order valence-electron chi connectivity index (χ3n) is 3.90. The van der Waals surface area contributed by atoms with Crippen LogP contribution >= 0.6 is 11.6 Å². The molecule has 0 fully saturated rings. The number of benzene rings is 1. The maximum Gasteiger partial charge on any atom is 0.271 e. The molecule has 6 heteroatoms. The Balaban J connectivity index is 2.06. The van der Waals surface area contributed by atoms with E-state index in [9.17, 15) is 4.79 Å². The van der Waals surface area contributed by atoms with Gasteiger partial charge in [-0.2, -0.15) is 5.10 Å².